The Hall–Kier alpha value is -1.51. The summed E-state index contributed by atoms with van der Waals surface area (Å²) in [6.07, 6.45) is 55.4. The fraction of sp³-hybridized carbons (Fsp3) is 0.891. The largest absolute Gasteiger partial charge is 0.756 e. The summed E-state index contributed by atoms with van der Waals surface area (Å²) in [4.78, 5) is 37.6. The summed E-state index contributed by atoms with van der Waals surface area (Å²) in [6.45, 7) is 4.19. The van der Waals surface area contributed by atoms with E-state index in [0.29, 0.717) is 17.4 Å². The van der Waals surface area contributed by atoms with Crippen molar-refractivity contribution in [3.05, 3.63) is 24.3 Å². The van der Waals surface area contributed by atoms with Crippen molar-refractivity contribution >= 4 is 19.8 Å². The number of hydrogen-bond acceptors (Lipinski definition) is 8. The Morgan fingerprint density at radius 1 is 0.462 bits per heavy atom. The lowest BCUT2D eigenvalue weighted by molar-refractivity contribution is -0.870. The van der Waals surface area contributed by atoms with Gasteiger partial charge in [-0.15, -0.1) is 0 Å². The molecular weight excluding hydrogens is 834 g/mol. The van der Waals surface area contributed by atoms with Gasteiger partial charge >= 0.3 is 11.9 Å². The quantitative estimate of drug-likeness (QED) is 0.0195. The summed E-state index contributed by atoms with van der Waals surface area (Å²) in [6, 6.07) is 0. The molecule has 0 heterocycles. The van der Waals surface area contributed by atoms with Crippen molar-refractivity contribution in [3.63, 3.8) is 0 Å². The van der Waals surface area contributed by atoms with Gasteiger partial charge in [0.15, 0.2) is 6.10 Å². The summed E-state index contributed by atoms with van der Waals surface area (Å²) >= 11 is 0. The van der Waals surface area contributed by atoms with Crippen LogP contribution in [0, 0.1) is 0 Å². The van der Waals surface area contributed by atoms with E-state index in [1.807, 2.05) is 21.1 Å². The number of carbonyl (C=O) groups is 2. The second-order valence-corrected chi connectivity index (χ2v) is 21.4. The number of phosphoric ester groups is 1. The number of phosphoric acid groups is 1. The van der Waals surface area contributed by atoms with Crippen molar-refractivity contribution in [3.8, 4) is 0 Å². The second kappa shape index (κ2) is 47.6. The first-order valence-corrected chi connectivity index (χ1v) is 29.0. The number of unbranched alkanes of at least 4 members (excludes halogenated alkanes) is 33. The van der Waals surface area contributed by atoms with E-state index in [-0.39, 0.29) is 26.1 Å². The van der Waals surface area contributed by atoms with Crippen LogP contribution in [0.5, 0.6) is 0 Å². The van der Waals surface area contributed by atoms with Crippen LogP contribution < -0.4 is 4.89 Å². The van der Waals surface area contributed by atoms with Gasteiger partial charge in [-0.25, -0.2) is 0 Å². The molecule has 0 N–H and O–H groups in total. The average molecular weight is 940 g/mol. The Labute approximate surface area is 402 Å². The number of esters is 2. The minimum Gasteiger partial charge on any atom is -0.756 e. The van der Waals surface area contributed by atoms with E-state index in [4.69, 9.17) is 18.5 Å². The Morgan fingerprint density at radius 2 is 0.815 bits per heavy atom. The summed E-state index contributed by atoms with van der Waals surface area (Å²) in [7, 11) is 1.17. The molecule has 0 bridgehead atoms. The number of hydrogen-bond donors (Lipinski definition) is 0. The summed E-state index contributed by atoms with van der Waals surface area (Å²) in [5.74, 6) is -0.836. The molecule has 0 aliphatic carbocycles. The fourth-order valence-electron chi connectivity index (χ4n) is 7.89. The van der Waals surface area contributed by atoms with Crippen LogP contribution in [0.4, 0.5) is 0 Å². The molecule has 0 aliphatic rings. The van der Waals surface area contributed by atoms with E-state index in [1.165, 1.54) is 173 Å². The van der Waals surface area contributed by atoms with Crippen molar-refractivity contribution < 1.29 is 42.1 Å². The molecule has 0 aromatic carbocycles. The molecule has 0 radical (unpaired) electrons. The third kappa shape index (κ3) is 51.7. The van der Waals surface area contributed by atoms with Gasteiger partial charge in [0.1, 0.15) is 19.8 Å². The zero-order valence-corrected chi connectivity index (χ0v) is 44.3. The molecule has 0 saturated carbocycles. The number of allylic oxidation sites excluding steroid dienone is 4. The number of nitrogens with zero attached hydrogens (tertiary/aromatic N) is 1. The zero-order chi connectivity index (χ0) is 47.8. The highest BCUT2D eigenvalue weighted by Gasteiger charge is 2.21. The van der Waals surface area contributed by atoms with Gasteiger partial charge in [-0.05, 0) is 57.8 Å². The van der Waals surface area contributed by atoms with Crippen LogP contribution in [0.3, 0.4) is 0 Å². The Kier molecular flexibility index (Phi) is 46.4. The number of ether oxygens (including phenoxy) is 2. The van der Waals surface area contributed by atoms with Gasteiger partial charge in [0.2, 0.25) is 0 Å². The van der Waals surface area contributed by atoms with E-state index in [2.05, 4.69) is 38.2 Å². The number of quaternary nitrogens is 1. The Bertz CT molecular complexity index is 1150. The van der Waals surface area contributed by atoms with Gasteiger partial charge < -0.3 is 27.9 Å². The molecule has 0 amide bonds. The molecule has 0 fully saturated rings. The molecule has 0 aromatic heterocycles. The molecule has 10 heteroatoms. The molecule has 0 rings (SSSR count). The first-order valence-electron chi connectivity index (χ1n) is 27.5. The minimum atomic E-state index is -4.63. The lowest BCUT2D eigenvalue weighted by atomic mass is 10.0. The van der Waals surface area contributed by atoms with Crippen molar-refractivity contribution in [2.75, 3.05) is 47.5 Å². The summed E-state index contributed by atoms with van der Waals surface area (Å²) < 4.78 is 34.0. The summed E-state index contributed by atoms with van der Waals surface area (Å²) in [5, 5.41) is 0. The van der Waals surface area contributed by atoms with Crippen LogP contribution in [0.1, 0.15) is 264 Å². The van der Waals surface area contributed by atoms with Gasteiger partial charge in [-0.1, -0.05) is 218 Å². The molecule has 2 unspecified atom stereocenters. The standard InChI is InChI=1S/C55H106NO8P/c1-6-8-10-12-14-16-18-19-20-21-22-23-24-25-26-27-28-29-30-31-32-33-34-35-36-37-38-40-42-44-46-48-55(58)64-53(52-63-65(59,60)62-50-49-56(3,4)5)51-61-54(57)47-45-43-41-39-17-15-13-11-9-7-2/h11,13,21-22,53H,6-10,12,14-20,23-52H2,1-5H3/b13-11-,22-21-. The maximum Gasteiger partial charge on any atom is 0.306 e. The Balaban J connectivity index is 3.96. The minimum absolute atomic E-state index is 0.0299. The molecule has 2 atom stereocenters. The van der Waals surface area contributed by atoms with E-state index < -0.39 is 32.5 Å². The second-order valence-electron chi connectivity index (χ2n) is 19.9. The molecular formula is C55H106NO8P. The topological polar surface area (TPSA) is 111 Å². The molecule has 0 saturated heterocycles. The highest BCUT2D eigenvalue weighted by atomic mass is 31.2. The predicted molar refractivity (Wildman–Crippen MR) is 273 cm³/mol. The van der Waals surface area contributed by atoms with Gasteiger partial charge in [0.05, 0.1) is 27.7 Å². The maximum atomic E-state index is 12.7. The lowest BCUT2D eigenvalue weighted by Crippen LogP contribution is -2.37. The third-order valence-corrected chi connectivity index (χ3v) is 13.1. The lowest BCUT2D eigenvalue weighted by Gasteiger charge is -2.28. The molecule has 384 valence electrons. The first kappa shape index (κ1) is 63.5. The van der Waals surface area contributed by atoms with Crippen LogP contribution in [0.2, 0.25) is 0 Å². The van der Waals surface area contributed by atoms with E-state index in [1.54, 1.807) is 0 Å². The van der Waals surface area contributed by atoms with Gasteiger partial charge in [-0.2, -0.15) is 0 Å². The number of carbonyl (C=O) groups excluding carboxylic acids is 2. The van der Waals surface area contributed by atoms with Crippen molar-refractivity contribution in [2.45, 2.75) is 270 Å². The summed E-state index contributed by atoms with van der Waals surface area (Å²) in [5.41, 5.74) is 0. The SMILES string of the molecule is CCC/C=C\CCCCCCCC(=O)OCC(COP(=O)([O-])OCC[N+](C)(C)C)OC(=O)CCCCCCCCCCCCCCCCCCCCC/C=C\CCCCCCCCCC. The van der Waals surface area contributed by atoms with Crippen molar-refractivity contribution in [2.24, 2.45) is 0 Å². The third-order valence-electron chi connectivity index (χ3n) is 12.2. The van der Waals surface area contributed by atoms with Crippen molar-refractivity contribution in [1.82, 2.24) is 0 Å². The number of rotatable bonds is 51. The monoisotopic (exact) mass is 940 g/mol. The normalized spacial score (nSPS) is 13.5. The highest BCUT2D eigenvalue weighted by Crippen LogP contribution is 2.38. The fourth-order valence-corrected chi connectivity index (χ4v) is 8.62. The van der Waals surface area contributed by atoms with Crippen LogP contribution >= 0.6 is 7.82 Å². The molecule has 0 spiro atoms. The van der Waals surface area contributed by atoms with Crippen LogP contribution in [-0.4, -0.2) is 70.0 Å². The van der Waals surface area contributed by atoms with Crippen LogP contribution in [0.15, 0.2) is 24.3 Å². The number of likely N-dealkylation sites (N-methyl/N-ethyl adjacent to an activating group) is 1. The highest BCUT2D eigenvalue weighted by molar-refractivity contribution is 7.45. The predicted octanol–water partition coefficient (Wildman–Crippen LogP) is 16.0. The van der Waals surface area contributed by atoms with E-state index >= 15 is 0 Å². The van der Waals surface area contributed by atoms with E-state index in [0.717, 1.165) is 57.8 Å². The van der Waals surface area contributed by atoms with Gasteiger partial charge in [-0.3, -0.25) is 14.2 Å². The van der Waals surface area contributed by atoms with Gasteiger partial charge in [0, 0.05) is 12.8 Å². The average Bonchev–Trinajstić information content (AvgIpc) is 3.26. The zero-order valence-electron chi connectivity index (χ0n) is 43.5. The van der Waals surface area contributed by atoms with Gasteiger partial charge in [0.25, 0.3) is 7.82 Å². The Morgan fingerprint density at radius 3 is 1.20 bits per heavy atom. The first-order chi connectivity index (χ1) is 31.5. The molecule has 0 aromatic rings. The van der Waals surface area contributed by atoms with Crippen LogP contribution in [-0.2, 0) is 32.7 Å². The van der Waals surface area contributed by atoms with Crippen molar-refractivity contribution in [1.29, 1.82) is 0 Å². The van der Waals surface area contributed by atoms with Crippen LogP contribution in [0.25, 0.3) is 0 Å². The molecule has 0 aliphatic heterocycles. The maximum absolute atomic E-state index is 12.7. The van der Waals surface area contributed by atoms with E-state index in [9.17, 15) is 19.0 Å². The molecule has 9 nitrogen and oxygen atoms in total. The smallest absolute Gasteiger partial charge is 0.306 e. The molecule has 65 heavy (non-hydrogen) atoms.